The lowest BCUT2D eigenvalue weighted by atomic mass is 9.92. The van der Waals surface area contributed by atoms with Crippen LogP contribution in [0.4, 0.5) is 0 Å². The number of nitrogens with one attached hydrogen (secondary N) is 1. The molecular weight excluding hydrogens is 212 g/mol. The predicted molar refractivity (Wildman–Crippen MR) is 70.6 cm³/mol. The Balaban J connectivity index is 2.65. The lowest BCUT2D eigenvalue weighted by Gasteiger charge is -2.24. The van der Waals surface area contributed by atoms with Crippen molar-refractivity contribution in [2.24, 2.45) is 11.1 Å². The van der Waals surface area contributed by atoms with Crippen LogP contribution in [0, 0.1) is 12.3 Å². The van der Waals surface area contributed by atoms with Crippen molar-refractivity contribution < 1.29 is 4.79 Å². The first kappa shape index (κ1) is 13.7. The first-order chi connectivity index (χ1) is 7.84. The number of benzene rings is 1. The number of hydrogen-bond donors (Lipinski definition) is 2. The highest BCUT2D eigenvalue weighted by Gasteiger charge is 2.25. The van der Waals surface area contributed by atoms with Crippen LogP contribution in [0.15, 0.2) is 24.3 Å². The molecule has 3 nitrogen and oxygen atoms in total. The Morgan fingerprint density at radius 1 is 1.41 bits per heavy atom. The fraction of sp³-hybridized carbons (Fsp3) is 0.500. The molecule has 17 heavy (non-hydrogen) atoms. The van der Waals surface area contributed by atoms with Gasteiger partial charge in [-0.05, 0) is 38.8 Å². The van der Waals surface area contributed by atoms with Crippen LogP contribution in [0.5, 0.6) is 0 Å². The Bertz CT molecular complexity index is 399. The fourth-order valence-corrected chi connectivity index (χ4v) is 1.68. The van der Waals surface area contributed by atoms with E-state index in [9.17, 15) is 4.79 Å². The van der Waals surface area contributed by atoms with Gasteiger partial charge in [-0.15, -0.1) is 0 Å². The summed E-state index contributed by atoms with van der Waals surface area (Å²) in [6, 6.07) is 8.46. The maximum Gasteiger partial charge on any atom is 0.224 e. The number of nitrogens with two attached hydrogens (primary N) is 1. The second kappa shape index (κ2) is 5.32. The minimum absolute atomic E-state index is 0.217. The van der Waals surface area contributed by atoms with E-state index in [-0.39, 0.29) is 11.9 Å². The molecule has 1 atom stereocenters. The summed E-state index contributed by atoms with van der Waals surface area (Å²) in [6.45, 7) is 8.48. The van der Waals surface area contributed by atoms with Crippen molar-refractivity contribution in [2.75, 3.05) is 6.54 Å². The zero-order valence-electron chi connectivity index (χ0n) is 11.1. The van der Waals surface area contributed by atoms with Gasteiger partial charge in [0.05, 0.1) is 5.41 Å². The van der Waals surface area contributed by atoms with Gasteiger partial charge in [0.1, 0.15) is 0 Å². The molecule has 0 saturated heterocycles. The third-order valence-corrected chi connectivity index (χ3v) is 3.17. The molecule has 1 rings (SSSR count). The summed E-state index contributed by atoms with van der Waals surface area (Å²) < 4.78 is 0. The summed E-state index contributed by atoms with van der Waals surface area (Å²) in [4.78, 5) is 11.2. The number of rotatable bonds is 5. The monoisotopic (exact) mass is 234 g/mol. The SMILES string of the molecule is Cc1ccccc1[C@@H](C)NCC(C)(C)C(N)=O. The summed E-state index contributed by atoms with van der Waals surface area (Å²) in [5, 5.41) is 3.36. The highest BCUT2D eigenvalue weighted by atomic mass is 16.1. The molecule has 0 unspecified atom stereocenters. The molecule has 1 amide bonds. The van der Waals surface area contributed by atoms with Crippen LogP contribution in [-0.2, 0) is 4.79 Å². The Hall–Kier alpha value is -1.35. The van der Waals surface area contributed by atoms with Gasteiger partial charge in [-0.2, -0.15) is 0 Å². The zero-order chi connectivity index (χ0) is 13.1. The molecule has 0 aliphatic heterocycles. The summed E-state index contributed by atoms with van der Waals surface area (Å²) in [5.41, 5.74) is 7.34. The van der Waals surface area contributed by atoms with E-state index >= 15 is 0 Å². The molecule has 94 valence electrons. The first-order valence-corrected chi connectivity index (χ1v) is 5.93. The second-order valence-corrected chi connectivity index (χ2v) is 5.21. The normalized spacial score (nSPS) is 13.4. The molecule has 0 saturated carbocycles. The lowest BCUT2D eigenvalue weighted by Crippen LogP contribution is -2.41. The lowest BCUT2D eigenvalue weighted by molar-refractivity contribution is -0.125. The molecule has 0 bridgehead atoms. The van der Waals surface area contributed by atoms with Gasteiger partial charge in [0.15, 0.2) is 0 Å². The van der Waals surface area contributed by atoms with Gasteiger partial charge in [-0.25, -0.2) is 0 Å². The Morgan fingerprint density at radius 2 is 2.00 bits per heavy atom. The highest BCUT2D eigenvalue weighted by molar-refractivity contribution is 5.80. The molecule has 0 aliphatic rings. The average Bonchev–Trinajstić information content (AvgIpc) is 2.26. The minimum atomic E-state index is -0.517. The van der Waals surface area contributed by atoms with E-state index in [0.717, 1.165) is 0 Å². The number of carbonyl (C=O) groups is 1. The smallest absolute Gasteiger partial charge is 0.224 e. The third kappa shape index (κ3) is 3.56. The van der Waals surface area contributed by atoms with Crippen molar-refractivity contribution in [1.82, 2.24) is 5.32 Å². The van der Waals surface area contributed by atoms with Gasteiger partial charge in [0, 0.05) is 12.6 Å². The number of amides is 1. The number of hydrogen-bond acceptors (Lipinski definition) is 2. The van der Waals surface area contributed by atoms with Crippen LogP contribution in [0.1, 0.15) is 37.9 Å². The summed E-state index contributed by atoms with van der Waals surface area (Å²) in [7, 11) is 0. The second-order valence-electron chi connectivity index (χ2n) is 5.21. The van der Waals surface area contributed by atoms with Crippen molar-refractivity contribution in [3.8, 4) is 0 Å². The number of aryl methyl sites for hydroxylation is 1. The number of primary amides is 1. The fourth-order valence-electron chi connectivity index (χ4n) is 1.68. The molecule has 0 radical (unpaired) electrons. The van der Waals surface area contributed by atoms with Gasteiger partial charge in [-0.3, -0.25) is 4.79 Å². The average molecular weight is 234 g/mol. The van der Waals surface area contributed by atoms with Crippen LogP contribution in [-0.4, -0.2) is 12.5 Å². The maximum absolute atomic E-state index is 11.2. The van der Waals surface area contributed by atoms with Crippen LogP contribution in [0.2, 0.25) is 0 Å². The van der Waals surface area contributed by atoms with Crippen molar-refractivity contribution in [3.63, 3.8) is 0 Å². The summed E-state index contributed by atoms with van der Waals surface area (Å²) in [6.07, 6.45) is 0. The Morgan fingerprint density at radius 3 is 2.53 bits per heavy atom. The minimum Gasteiger partial charge on any atom is -0.369 e. The van der Waals surface area contributed by atoms with Gasteiger partial charge in [0.25, 0.3) is 0 Å². The Kier molecular flexibility index (Phi) is 4.29. The Labute approximate surface area is 103 Å². The van der Waals surface area contributed by atoms with Gasteiger partial charge >= 0.3 is 0 Å². The summed E-state index contributed by atoms with van der Waals surface area (Å²) >= 11 is 0. The zero-order valence-corrected chi connectivity index (χ0v) is 11.1. The molecule has 0 heterocycles. The molecule has 0 aromatic heterocycles. The third-order valence-electron chi connectivity index (χ3n) is 3.17. The van der Waals surface area contributed by atoms with E-state index < -0.39 is 5.41 Å². The largest absolute Gasteiger partial charge is 0.369 e. The molecule has 0 aliphatic carbocycles. The van der Waals surface area contributed by atoms with E-state index in [0.29, 0.717) is 6.54 Å². The predicted octanol–water partition coefficient (Wildman–Crippen LogP) is 2.16. The standard InChI is InChI=1S/C14H22N2O/c1-10-7-5-6-8-12(10)11(2)16-9-14(3,4)13(15)17/h5-8,11,16H,9H2,1-4H3,(H2,15,17)/t11-/m1/s1. The number of carbonyl (C=O) groups excluding carboxylic acids is 1. The first-order valence-electron chi connectivity index (χ1n) is 5.93. The van der Waals surface area contributed by atoms with E-state index in [2.05, 4.69) is 31.3 Å². The molecule has 3 N–H and O–H groups in total. The van der Waals surface area contributed by atoms with Crippen molar-refractivity contribution in [2.45, 2.75) is 33.7 Å². The molecule has 0 spiro atoms. The van der Waals surface area contributed by atoms with E-state index in [1.54, 1.807) is 0 Å². The van der Waals surface area contributed by atoms with E-state index in [1.807, 2.05) is 26.0 Å². The quantitative estimate of drug-likeness (QED) is 0.820. The molecule has 0 fully saturated rings. The van der Waals surface area contributed by atoms with E-state index in [4.69, 9.17) is 5.73 Å². The van der Waals surface area contributed by atoms with Crippen molar-refractivity contribution in [1.29, 1.82) is 0 Å². The van der Waals surface area contributed by atoms with Crippen LogP contribution >= 0.6 is 0 Å². The highest BCUT2D eigenvalue weighted by Crippen LogP contribution is 2.19. The van der Waals surface area contributed by atoms with E-state index in [1.165, 1.54) is 11.1 Å². The van der Waals surface area contributed by atoms with Gasteiger partial charge in [0.2, 0.25) is 5.91 Å². The topological polar surface area (TPSA) is 55.1 Å². The van der Waals surface area contributed by atoms with Crippen LogP contribution in [0.25, 0.3) is 0 Å². The molecular formula is C14H22N2O. The van der Waals surface area contributed by atoms with Crippen LogP contribution in [0.3, 0.4) is 0 Å². The van der Waals surface area contributed by atoms with Gasteiger partial charge < -0.3 is 11.1 Å². The van der Waals surface area contributed by atoms with Crippen LogP contribution < -0.4 is 11.1 Å². The van der Waals surface area contributed by atoms with Crippen molar-refractivity contribution >= 4 is 5.91 Å². The molecule has 1 aromatic rings. The van der Waals surface area contributed by atoms with Crippen molar-refractivity contribution in [3.05, 3.63) is 35.4 Å². The van der Waals surface area contributed by atoms with Gasteiger partial charge in [-0.1, -0.05) is 24.3 Å². The molecule has 1 aromatic carbocycles. The maximum atomic E-state index is 11.2. The molecule has 3 heteroatoms. The summed E-state index contributed by atoms with van der Waals surface area (Å²) in [5.74, 6) is -0.276.